The summed E-state index contributed by atoms with van der Waals surface area (Å²) >= 11 is 0. The van der Waals surface area contributed by atoms with E-state index < -0.39 is 0 Å². The lowest BCUT2D eigenvalue weighted by atomic mass is 9.96. The van der Waals surface area contributed by atoms with Crippen LogP contribution in [-0.2, 0) is 25.7 Å². The van der Waals surface area contributed by atoms with Gasteiger partial charge in [-0.1, -0.05) is 62.4 Å². The molecule has 0 heterocycles. The number of benzene rings is 3. The van der Waals surface area contributed by atoms with Crippen LogP contribution in [-0.4, -0.2) is 0 Å². The summed E-state index contributed by atoms with van der Waals surface area (Å²) in [6.45, 7) is 4.48. The second-order valence-corrected chi connectivity index (χ2v) is 7.16. The first-order valence-corrected chi connectivity index (χ1v) is 9.17. The van der Waals surface area contributed by atoms with E-state index >= 15 is 0 Å². The molecule has 118 valence electrons. The van der Waals surface area contributed by atoms with Crippen molar-refractivity contribution in [1.29, 1.82) is 0 Å². The average molecular weight is 310 g/mol. The van der Waals surface area contributed by atoms with Crippen molar-refractivity contribution < 1.29 is 0 Å². The number of aryl methyl sites for hydroxylation is 2. The van der Waals surface area contributed by atoms with Crippen molar-refractivity contribution >= 4 is 0 Å². The molecule has 0 saturated carbocycles. The van der Waals surface area contributed by atoms with Crippen molar-refractivity contribution in [3.8, 4) is 22.3 Å². The highest BCUT2D eigenvalue weighted by molar-refractivity contribution is 5.87. The van der Waals surface area contributed by atoms with E-state index in [9.17, 15) is 0 Å². The SMILES string of the molecule is CCc1ccc2c(c1)-c1ccc3c(c1C2)Cc1ccc(CC)cc1-3. The van der Waals surface area contributed by atoms with Crippen LogP contribution in [0.3, 0.4) is 0 Å². The Balaban J connectivity index is 1.68. The summed E-state index contributed by atoms with van der Waals surface area (Å²) in [5.74, 6) is 0. The molecule has 24 heavy (non-hydrogen) atoms. The largest absolute Gasteiger partial charge is 0.0613 e. The third-order valence-corrected chi connectivity index (χ3v) is 5.91. The molecule has 0 aliphatic heterocycles. The Morgan fingerprint density at radius 2 is 1.04 bits per heavy atom. The number of hydrogen-bond acceptors (Lipinski definition) is 0. The fourth-order valence-electron chi connectivity index (χ4n) is 4.48. The molecule has 0 amide bonds. The zero-order valence-corrected chi connectivity index (χ0v) is 14.4. The molecule has 0 aromatic heterocycles. The van der Waals surface area contributed by atoms with E-state index in [1.807, 2.05) is 0 Å². The second-order valence-electron chi connectivity index (χ2n) is 7.16. The lowest BCUT2D eigenvalue weighted by Gasteiger charge is -2.08. The van der Waals surface area contributed by atoms with Crippen molar-refractivity contribution in [1.82, 2.24) is 0 Å². The van der Waals surface area contributed by atoms with Gasteiger partial charge in [-0.05, 0) is 81.3 Å². The molecule has 0 saturated heterocycles. The lowest BCUT2D eigenvalue weighted by Crippen LogP contribution is -1.90. The molecule has 0 fully saturated rings. The van der Waals surface area contributed by atoms with Gasteiger partial charge in [0.05, 0.1) is 0 Å². The Morgan fingerprint density at radius 3 is 1.46 bits per heavy atom. The maximum atomic E-state index is 2.41. The number of fused-ring (bicyclic) bond motifs is 7. The quantitative estimate of drug-likeness (QED) is 0.378. The predicted octanol–water partition coefficient (Wildman–Crippen LogP) is 5.95. The van der Waals surface area contributed by atoms with Crippen LogP contribution in [0.25, 0.3) is 22.3 Å². The smallest absolute Gasteiger partial charge is 0.00104 e. The minimum Gasteiger partial charge on any atom is -0.0613 e. The van der Waals surface area contributed by atoms with Gasteiger partial charge < -0.3 is 0 Å². The Labute approximate surface area is 144 Å². The molecule has 0 unspecified atom stereocenters. The molecule has 2 aliphatic rings. The van der Waals surface area contributed by atoms with Gasteiger partial charge in [-0.25, -0.2) is 0 Å². The fraction of sp³-hybridized carbons (Fsp3) is 0.250. The number of rotatable bonds is 2. The summed E-state index contributed by atoms with van der Waals surface area (Å²) in [7, 11) is 0. The van der Waals surface area contributed by atoms with Crippen molar-refractivity contribution in [2.75, 3.05) is 0 Å². The van der Waals surface area contributed by atoms with Gasteiger partial charge in [0.15, 0.2) is 0 Å². The van der Waals surface area contributed by atoms with Crippen molar-refractivity contribution in [2.24, 2.45) is 0 Å². The minimum absolute atomic E-state index is 1.10. The standard InChI is InChI=1S/C24H22/c1-3-15-5-7-17-13-23-19(21(17)11-15)9-10-20-22-12-16(4-2)6-8-18(22)14-24(20)23/h5-12H,3-4,13-14H2,1-2H3. The van der Waals surface area contributed by atoms with Crippen molar-refractivity contribution in [2.45, 2.75) is 39.5 Å². The first-order chi connectivity index (χ1) is 11.8. The van der Waals surface area contributed by atoms with E-state index in [-0.39, 0.29) is 0 Å². The topological polar surface area (TPSA) is 0 Å². The molecule has 2 aliphatic carbocycles. The Hall–Kier alpha value is -2.34. The third-order valence-electron chi connectivity index (χ3n) is 5.91. The highest BCUT2D eigenvalue weighted by atomic mass is 14.3. The Morgan fingerprint density at radius 1 is 0.583 bits per heavy atom. The van der Waals surface area contributed by atoms with E-state index in [0.717, 1.165) is 25.7 Å². The number of hydrogen-bond donors (Lipinski definition) is 0. The third kappa shape index (κ3) is 1.86. The molecule has 0 heteroatoms. The van der Waals surface area contributed by atoms with Crippen LogP contribution in [0.15, 0.2) is 48.5 Å². The van der Waals surface area contributed by atoms with Gasteiger partial charge in [-0.15, -0.1) is 0 Å². The summed E-state index contributed by atoms with van der Waals surface area (Å²) in [6.07, 6.45) is 4.43. The van der Waals surface area contributed by atoms with Crippen LogP contribution in [0.2, 0.25) is 0 Å². The van der Waals surface area contributed by atoms with Crippen molar-refractivity contribution in [3.63, 3.8) is 0 Å². The van der Waals surface area contributed by atoms with Gasteiger partial charge in [0.25, 0.3) is 0 Å². The summed E-state index contributed by atoms with van der Waals surface area (Å²) < 4.78 is 0. The first-order valence-electron chi connectivity index (χ1n) is 9.17. The van der Waals surface area contributed by atoms with Crippen LogP contribution < -0.4 is 0 Å². The normalized spacial score (nSPS) is 13.4. The molecule has 0 spiro atoms. The van der Waals surface area contributed by atoms with Crippen LogP contribution in [0.5, 0.6) is 0 Å². The van der Waals surface area contributed by atoms with Gasteiger partial charge in [0.2, 0.25) is 0 Å². The maximum absolute atomic E-state index is 2.41. The molecule has 0 atom stereocenters. The van der Waals surface area contributed by atoms with Gasteiger partial charge in [-0.2, -0.15) is 0 Å². The zero-order chi connectivity index (χ0) is 16.3. The monoisotopic (exact) mass is 310 g/mol. The van der Waals surface area contributed by atoms with Crippen LogP contribution in [0.4, 0.5) is 0 Å². The molecule has 0 N–H and O–H groups in total. The van der Waals surface area contributed by atoms with Gasteiger partial charge in [0, 0.05) is 0 Å². The molecule has 3 aromatic rings. The van der Waals surface area contributed by atoms with Gasteiger partial charge >= 0.3 is 0 Å². The van der Waals surface area contributed by atoms with Crippen LogP contribution in [0.1, 0.15) is 47.2 Å². The second kappa shape index (κ2) is 5.08. The summed E-state index contributed by atoms with van der Waals surface area (Å²) in [5.41, 5.74) is 14.9. The minimum atomic E-state index is 1.10. The van der Waals surface area contributed by atoms with Crippen LogP contribution in [0, 0.1) is 0 Å². The molecular weight excluding hydrogens is 288 g/mol. The summed E-state index contributed by atoms with van der Waals surface area (Å²) in [6, 6.07) is 18.8. The van der Waals surface area contributed by atoms with E-state index in [2.05, 4.69) is 62.4 Å². The van der Waals surface area contributed by atoms with Gasteiger partial charge in [0.1, 0.15) is 0 Å². The molecule has 0 bridgehead atoms. The highest BCUT2D eigenvalue weighted by Crippen LogP contribution is 2.46. The average Bonchev–Trinajstić information content (AvgIpc) is 3.18. The molecular formula is C24H22. The molecule has 0 radical (unpaired) electrons. The van der Waals surface area contributed by atoms with Crippen molar-refractivity contribution in [3.05, 3.63) is 81.9 Å². The van der Waals surface area contributed by atoms with E-state index in [0.29, 0.717) is 0 Å². The van der Waals surface area contributed by atoms with Gasteiger partial charge in [-0.3, -0.25) is 0 Å². The first kappa shape index (κ1) is 14.0. The molecule has 0 nitrogen and oxygen atoms in total. The zero-order valence-electron chi connectivity index (χ0n) is 14.4. The van der Waals surface area contributed by atoms with E-state index in [4.69, 9.17) is 0 Å². The van der Waals surface area contributed by atoms with E-state index in [1.54, 1.807) is 11.1 Å². The Bertz CT molecular complexity index is 895. The maximum Gasteiger partial charge on any atom is -0.00104 e. The highest BCUT2D eigenvalue weighted by Gasteiger charge is 2.27. The summed E-state index contributed by atoms with van der Waals surface area (Å²) in [5, 5.41) is 0. The van der Waals surface area contributed by atoms with Crippen LogP contribution >= 0.6 is 0 Å². The molecule has 5 rings (SSSR count). The fourth-order valence-corrected chi connectivity index (χ4v) is 4.48. The predicted molar refractivity (Wildman–Crippen MR) is 102 cm³/mol. The summed E-state index contributed by atoms with van der Waals surface area (Å²) in [4.78, 5) is 0. The Kier molecular flexibility index (Phi) is 2.97. The van der Waals surface area contributed by atoms with E-state index in [1.165, 1.54) is 44.5 Å². The molecule has 3 aromatic carbocycles. The lowest BCUT2D eigenvalue weighted by molar-refractivity contribution is 1.12.